The van der Waals surface area contributed by atoms with Crippen LogP contribution in [0.25, 0.3) is 0 Å². The topological polar surface area (TPSA) is 12.0 Å². The smallest absolute Gasteiger partial charge is 0.0127 e. The van der Waals surface area contributed by atoms with Gasteiger partial charge < -0.3 is 5.32 Å². The Balaban J connectivity index is 4.23. The van der Waals surface area contributed by atoms with E-state index in [1.807, 2.05) is 7.05 Å². The molecule has 0 saturated carbocycles. The molecule has 1 N–H and O–H groups in total. The Hall–Kier alpha value is -0.0400. The molecule has 0 rings (SSSR count). The van der Waals surface area contributed by atoms with Gasteiger partial charge in [0, 0.05) is 5.54 Å². The summed E-state index contributed by atoms with van der Waals surface area (Å²) in [5, 5.41) is 3.35. The fourth-order valence-electron chi connectivity index (χ4n) is 1.43. The van der Waals surface area contributed by atoms with E-state index in [0.29, 0.717) is 5.41 Å². The van der Waals surface area contributed by atoms with Crippen molar-refractivity contribution >= 4 is 0 Å². The molecule has 0 fully saturated rings. The van der Waals surface area contributed by atoms with Gasteiger partial charge in [0.1, 0.15) is 0 Å². The lowest BCUT2D eigenvalue weighted by molar-refractivity contribution is 0.167. The summed E-state index contributed by atoms with van der Waals surface area (Å²) >= 11 is 0. The van der Waals surface area contributed by atoms with Crippen molar-refractivity contribution in [2.24, 2.45) is 11.3 Å². The van der Waals surface area contributed by atoms with E-state index in [1.54, 1.807) is 0 Å². The van der Waals surface area contributed by atoms with Crippen molar-refractivity contribution in [1.29, 1.82) is 0 Å². The molecule has 0 aliphatic rings. The second kappa shape index (κ2) is 3.78. The van der Waals surface area contributed by atoms with Gasteiger partial charge in [0.25, 0.3) is 0 Å². The zero-order valence-electron chi connectivity index (χ0n) is 9.78. The fraction of sp³-hybridized carbons (Fsp3) is 1.00. The molecule has 0 radical (unpaired) electrons. The van der Waals surface area contributed by atoms with Crippen LogP contribution in [0.3, 0.4) is 0 Å². The number of hydrogen-bond acceptors (Lipinski definition) is 1. The van der Waals surface area contributed by atoms with Crippen LogP contribution in [0.15, 0.2) is 0 Å². The van der Waals surface area contributed by atoms with Crippen LogP contribution in [0.5, 0.6) is 0 Å². The third-order valence-corrected chi connectivity index (χ3v) is 3.14. The molecular weight excluding hydrogens is 146 g/mol. The molecule has 0 aliphatic heterocycles. The minimum absolute atomic E-state index is 0.258. The lowest BCUT2D eigenvalue weighted by atomic mass is 9.73. The third kappa shape index (κ3) is 3.57. The molecule has 0 heterocycles. The summed E-state index contributed by atoms with van der Waals surface area (Å²) in [5.41, 5.74) is 0.681. The first-order valence-electron chi connectivity index (χ1n) is 4.90. The highest BCUT2D eigenvalue weighted by atomic mass is 14.9. The maximum Gasteiger partial charge on any atom is 0.0127 e. The first-order valence-corrected chi connectivity index (χ1v) is 4.90. The summed E-state index contributed by atoms with van der Waals surface area (Å²) in [6, 6.07) is 0. The zero-order valence-corrected chi connectivity index (χ0v) is 9.78. The predicted molar refractivity (Wildman–Crippen MR) is 56.4 cm³/mol. The van der Waals surface area contributed by atoms with Crippen LogP contribution in [0.4, 0.5) is 0 Å². The molecule has 0 aromatic carbocycles. The van der Waals surface area contributed by atoms with Gasteiger partial charge in [0.05, 0.1) is 0 Å². The largest absolute Gasteiger partial charge is 0.315 e. The van der Waals surface area contributed by atoms with E-state index in [9.17, 15) is 0 Å². The molecule has 0 aromatic heterocycles. The van der Waals surface area contributed by atoms with Crippen molar-refractivity contribution in [3.63, 3.8) is 0 Å². The average molecular weight is 171 g/mol. The van der Waals surface area contributed by atoms with Crippen molar-refractivity contribution in [2.75, 3.05) is 7.05 Å². The van der Waals surface area contributed by atoms with Crippen LogP contribution in [-0.4, -0.2) is 12.6 Å². The molecule has 0 amide bonds. The van der Waals surface area contributed by atoms with Gasteiger partial charge in [0.2, 0.25) is 0 Å². The van der Waals surface area contributed by atoms with Gasteiger partial charge in [-0.2, -0.15) is 0 Å². The lowest BCUT2D eigenvalue weighted by Crippen LogP contribution is -2.41. The molecule has 1 nitrogen and oxygen atoms in total. The first kappa shape index (κ1) is 12.0. The highest BCUT2D eigenvalue weighted by molar-refractivity contribution is 4.85. The van der Waals surface area contributed by atoms with E-state index in [-0.39, 0.29) is 5.54 Å². The molecular formula is C11H25N. The quantitative estimate of drug-likeness (QED) is 0.685. The predicted octanol–water partition coefficient (Wildman–Crippen LogP) is 3.06. The second-order valence-electron chi connectivity index (χ2n) is 5.45. The van der Waals surface area contributed by atoms with E-state index in [1.165, 1.54) is 6.42 Å². The number of nitrogens with one attached hydrogen (secondary N) is 1. The summed E-state index contributed by atoms with van der Waals surface area (Å²) in [6.07, 6.45) is 1.22. The number of rotatable bonds is 4. The molecule has 0 aromatic rings. The SMILES string of the molecule is CNC(C)(C)CC(C)(C)C(C)C. The first-order chi connectivity index (χ1) is 5.21. The van der Waals surface area contributed by atoms with Crippen LogP contribution in [0.2, 0.25) is 0 Å². The average Bonchev–Trinajstić information content (AvgIpc) is 1.85. The normalized spacial score (nSPS) is 14.0. The maximum atomic E-state index is 3.35. The molecule has 1 heteroatoms. The Kier molecular flexibility index (Phi) is 3.77. The van der Waals surface area contributed by atoms with Gasteiger partial charge in [-0.05, 0) is 38.6 Å². The standard InChI is InChI=1S/C11H25N/c1-9(2)10(3,4)8-11(5,6)12-7/h9,12H,8H2,1-7H3. The second-order valence-corrected chi connectivity index (χ2v) is 5.45. The van der Waals surface area contributed by atoms with E-state index in [0.717, 1.165) is 5.92 Å². The van der Waals surface area contributed by atoms with Crippen molar-refractivity contribution in [3.8, 4) is 0 Å². The molecule has 0 atom stereocenters. The monoisotopic (exact) mass is 171 g/mol. The summed E-state index contributed by atoms with van der Waals surface area (Å²) in [7, 11) is 2.04. The van der Waals surface area contributed by atoms with Gasteiger partial charge in [-0.15, -0.1) is 0 Å². The van der Waals surface area contributed by atoms with Gasteiger partial charge in [-0.1, -0.05) is 27.7 Å². The lowest BCUT2D eigenvalue weighted by Gasteiger charge is -2.37. The van der Waals surface area contributed by atoms with Crippen LogP contribution in [0, 0.1) is 11.3 Å². The Morgan fingerprint density at radius 3 is 1.75 bits per heavy atom. The van der Waals surface area contributed by atoms with Gasteiger partial charge in [-0.3, -0.25) is 0 Å². The number of hydrogen-bond donors (Lipinski definition) is 1. The zero-order chi connectivity index (χ0) is 9.99. The van der Waals surface area contributed by atoms with Gasteiger partial charge in [-0.25, -0.2) is 0 Å². The van der Waals surface area contributed by atoms with Gasteiger partial charge >= 0.3 is 0 Å². The van der Waals surface area contributed by atoms with Crippen molar-refractivity contribution in [1.82, 2.24) is 5.32 Å². The molecule has 0 bridgehead atoms. The molecule has 0 unspecified atom stereocenters. The van der Waals surface area contributed by atoms with Crippen molar-refractivity contribution in [2.45, 2.75) is 53.5 Å². The minimum Gasteiger partial charge on any atom is -0.315 e. The van der Waals surface area contributed by atoms with E-state index >= 15 is 0 Å². The molecule has 0 aliphatic carbocycles. The van der Waals surface area contributed by atoms with Crippen LogP contribution < -0.4 is 5.32 Å². The van der Waals surface area contributed by atoms with Crippen LogP contribution in [-0.2, 0) is 0 Å². The Morgan fingerprint density at radius 2 is 1.50 bits per heavy atom. The van der Waals surface area contributed by atoms with Crippen LogP contribution >= 0.6 is 0 Å². The van der Waals surface area contributed by atoms with E-state index in [4.69, 9.17) is 0 Å². The van der Waals surface area contributed by atoms with E-state index < -0.39 is 0 Å². The van der Waals surface area contributed by atoms with Gasteiger partial charge in [0.15, 0.2) is 0 Å². The molecule has 0 saturated heterocycles. The summed E-state index contributed by atoms with van der Waals surface area (Å²) in [4.78, 5) is 0. The summed E-state index contributed by atoms with van der Waals surface area (Å²) in [5.74, 6) is 0.741. The molecule has 0 spiro atoms. The van der Waals surface area contributed by atoms with Crippen molar-refractivity contribution in [3.05, 3.63) is 0 Å². The maximum absolute atomic E-state index is 3.35. The summed E-state index contributed by atoms with van der Waals surface area (Å²) in [6.45, 7) is 13.8. The highest BCUT2D eigenvalue weighted by Gasteiger charge is 2.29. The van der Waals surface area contributed by atoms with Crippen LogP contribution in [0.1, 0.15) is 48.0 Å². The Labute approximate surface area is 77.9 Å². The Bertz CT molecular complexity index is 134. The highest BCUT2D eigenvalue weighted by Crippen LogP contribution is 2.34. The third-order valence-electron chi connectivity index (χ3n) is 3.14. The van der Waals surface area contributed by atoms with E-state index in [2.05, 4.69) is 46.9 Å². The minimum atomic E-state index is 0.258. The van der Waals surface area contributed by atoms with Crippen molar-refractivity contribution < 1.29 is 0 Å². The molecule has 74 valence electrons. The summed E-state index contributed by atoms with van der Waals surface area (Å²) < 4.78 is 0. The fourth-order valence-corrected chi connectivity index (χ4v) is 1.43. The Morgan fingerprint density at radius 1 is 1.08 bits per heavy atom. The molecule has 12 heavy (non-hydrogen) atoms.